The van der Waals surface area contributed by atoms with Crippen molar-refractivity contribution < 1.29 is 33.3 Å². The third-order valence-corrected chi connectivity index (χ3v) is 7.60. The molecule has 5 rings (SSSR count). The molecule has 2 N–H and O–H groups in total. The van der Waals surface area contributed by atoms with Gasteiger partial charge in [0.05, 0.1) is 12.7 Å². The summed E-state index contributed by atoms with van der Waals surface area (Å²) >= 11 is 0. The van der Waals surface area contributed by atoms with E-state index in [2.05, 4.69) is 15.5 Å². The van der Waals surface area contributed by atoms with Gasteiger partial charge in [-0.25, -0.2) is 4.79 Å². The quantitative estimate of drug-likeness (QED) is 0.302. The minimum Gasteiger partial charge on any atom is -0.496 e. The monoisotopic (exact) mass is 576 g/mol. The number of anilines is 1. The van der Waals surface area contributed by atoms with Gasteiger partial charge in [0.2, 0.25) is 0 Å². The number of H-pyrrole nitrogens is 1. The van der Waals surface area contributed by atoms with Crippen LogP contribution in [0.3, 0.4) is 0 Å². The minimum atomic E-state index is -0.445. The number of benzene rings is 2. The highest BCUT2D eigenvalue weighted by molar-refractivity contribution is 5.91. The van der Waals surface area contributed by atoms with Gasteiger partial charge in [0, 0.05) is 42.9 Å². The zero-order chi connectivity index (χ0) is 29.3. The van der Waals surface area contributed by atoms with E-state index in [-0.39, 0.29) is 48.4 Å². The number of aromatic amines is 1. The fraction of sp³-hybridized carbons (Fsp3) is 0.419. The molecule has 2 fully saturated rings. The van der Waals surface area contributed by atoms with Gasteiger partial charge in [0.25, 0.3) is 5.91 Å². The lowest BCUT2D eigenvalue weighted by atomic mass is 10.0. The number of methoxy groups -OCH3 is 1. The topological polar surface area (TPSA) is 132 Å². The van der Waals surface area contributed by atoms with Crippen LogP contribution in [-0.2, 0) is 16.1 Å². The molecule has 1 aliphatic carbocycles. The molecule has 2 amide bonds. The zero-order valence-corrected chi connectivity index (χ0v) is 23.7. The number of carbonyl (C=O) groups excluding carboxylic acids is 3. The first-order valence-electron chi connectivity index (χ1n) is 14.3. The Kier molecular flexibility index (Phi) is 9.58. The van der Waals surface area contributed by atoms with Crippen molar-refractivity contribution >= 4 is 24.1 Å². The van der Waals surface area contributed by atoms with E-state index >= 15 is 0 Å². The number of nitrogens with one attached hydrogen (secondary N) is 2. The molecule has 222 valence electrons. The van der Waals surface area contributed by atoms with E-state index in [1.807, 2.05) is 30.3 Å². The predicted molar refractivity (Wildman–Crippen MR) is 154 cm³/mol. The number of likely N-dealkylation sites (tertiary alicyclic amines) is 1. The molecular formula is C31H36N4O7. The molecule has 3 aromatic rings. The van der Waals surface area contributed by atoms with Crippen LogP contribution in [0, 0.1) is 0 Å². The predicted octanol–water partition coefficient (Wildman–Crippen LogP) is 5.09. The molecule has 11 nitrogen and oxygen atoms in total. The van der Waals surface area contributed by atoms with Crippen LogP contribution in [0.5, 0.6) is 17.2 Å². The molecule has 11 heteroatoms. The number of piperidine rings is 1. The van der Waals surface area contributed by atoms with Crippen LogP contribution in [0.1, 0.15) is 66.1 Å². The van der Waals surface area contributed by atoms with Crippen molar-refractivity contribution in [1.29, 1.82) is 0 Å². The van der Waals surface area contributed by atoms with Gasteiger partial charge in [0.1, 0.15) is 30.0 Å². The molecular weight excluding hydrogens is 540 g/mol. The Bertz CT molecular complexity index is 1370. The Morgan fingerprint density at radius 1 is 1.05 bits per heavy atom. The first kappa shape index (κ1) is 29.0. The second kappa shape index (κ2) is 13.9. The highest BCUT2D eigenvalue weighted by atomic mass is 16.6. The van der Waals surface area contributed by atoms with Gasteiger partial charge >= 0.3 is 6.09 Å². The van der Waals surface area contributed by atoms with Crippen LogP contribution in [0.2, 0.25) is 0 Å². The van der Waals surface area contributed by atoms with Crippen molar-refractivity contribution in [3.8, 4) is 17.2 Å². The van der Waals surface area contributed by atoms with Gasteiger partial charge in [0.15, 0.2) is 18.7 Å². The zero-order valence-electron chi connectivity index (χ0n) is 23.7. The van der Waals surface area contributed by atoms with Gasteiger partial charge in [-0.1, -0.05) is 30.3 Å². The second-order valence-corrected chi connectivity index (χ2v) is 10.5. The van der Waals surface area contributed by atoms with Crippen LogP contribution < -0.4 is 19.5 Å². The molecule has 2 aromatic carbocycles. The van der Waals surface area contributed by atoms with Crippen LogP contribution in [0.25, 0.3) is 0 Å². The van der Waals surface area contributed by atoms with Crippen molar-refractivity contribution in [1.82, 2.24) is 15.1 Å². The van der Waals surface area contributed by atoms with Crippen molar-refractivity contribution in [3.63, 3.8) is 0 Å². The summed E-state index contributed by atoms with van der Waals surface area (Å²) in [6.07, 6.45) is 5.84. The molecule has 1 aliphatic heterocycles. The summed E-state index contributed by atoms with van der Waals surface area (Å²) in [5.41, 5.74) is 1.99. The van der Waals surface area contributed by atoms with Gasteiger partial charge in [-0.15, -0.1) is 0 Å². The summed E-state index contributed by atoms with van der Waals surface area (Å²) in [5.74, 6) is 0.949. The van der Waals surface area contributed by atoms with Crippen LogP contribution in [-0.4, -0.2) is 66.3 Å². The fourth-order valence-corrected chi connectivity index (χ4v) is 5.34. The van der Waals surface area contributed by atoms with Crippen LogP contribution in [0.15, 0.2) is 48.5 Å². The lowest BCUT2D eigenvalue weighted by Crippen LogP contribution is -2.37. The smallest absolute Gasteiger partial charge is 0.410 e. The Labute approximate surface area is 244 Å². The minimum absolute atomic E-state index is 0.129. The maximum Gasteiger partial charge on any atom is 0.410 e. The molecule has 2 atom stereocenters. The molecule has 0 unspecified atom stereocenters. The molecule has 2 heterocycles. The molecule has 42 heavy (non-hydrogen) atoms. The van der Waals surface area contributed by atoms with Crippen molar-refractivity contribution in [2.45, 2.75) is 57.2 Å². The molecule has 2 aliphatic rings. The van der Waals surface area contributed by atoms with E-state index in [0.29, 0.717) is 24.3 Å². The number of rotatable bonds is 11. The van der Waals surface area contributed by atoms with Crippen molar-refractivity contribution in [2.75, 3.05) is 32.1 Å². The van der Waals surface area contributed by atoms with E-state index in [4.69, 9.17) is 18.9 Å². The van der Waals surface area contributed by atoms with Gasteiger partial charge < -0.3 is 29.2 Å². The summed E-state index contributed by atoms with van der Waals surface area (Å²) in [5, 5.41) is 9.94. The van der Waals surface area contributed by atoms with E-state index in [9.17, 15) is 14.4 Å². The van der Waals surface area contributed by atoms with E-state index in [1.54, 1.807) is 17.0 Å². The second-order valence-electron chi connectivity index (χ2n) is 10.5. The number of hydrogen-bond donors (Lipinski definition) is 2. The molecule has 1 saturated heterocycles. The first-order chi connectivity index (χ1) is 20.5. The van der Waals surface area contributed by atoms with Gasteiger partial charge in [-0.2, -0.15) is 5.10 Å². The lowest BCUT2D eigenvalue weighted by Gasteiger charge is -2.27. The first-order valence-corrected chi connectivity index (χ1v) is 14.3. The molecule has 1 saturated carbocycles. The number of aldehydes is 1. The molecule has 1 aromatic heterocycles. The lowest BCUT2D eigenvalue weighted by molar-refractivity contribution is -0.118. The van der Waals surface area contributed by atoms with Crippen LogP contribution >= 0.6 is 0 Å². The van der Waals surface area contributed by atoms with E-state index < -0.39 is 5.91 Å². The number of amides is 2. The Morgan fingerprint density at radius 2 is 1.81 bits per heavy atom. The summed E-state index contributed by atoms with van der Waals surface area (Å²) in [6, 6.07) is 14.5. The Balaban J connectivity index is 1.13. The normalized spacial score (nSPS) is 18.3. The maximum absolute atomic E-state index is 12.7. The largest absolute Gasteiger partial charge is 0.496 e. The highest BCUT2D eigenvalue weighted by Gasteiger charge is 2.31. The summed E-state index contributed by atoms with van der Waals surface area (Å²) < 4.78 is 22.7. The molecule has 0 spiro atoms. The maximum atomic E-state index is 12.7. The highest BCUT2D eigenvalue weighted by Crippen LogP contribution is 2.36. The summed E-state index contributed by atoms with van der Waals surface area (Å²) in [4.78, 5) is 38.9. The van der Waals surface area contributed by atoms with E-state index in [1.165, 1.54) is 13.2 Å². The third kappa shape index (κ3) is 7.39. The number of aromatic nitrogens is 2. The SMILES string of the molecule is COc1cc(OCC(=O)Nc2cc([C@H]3CC[C@@H](OC(=O)N4CCCCC4)C3)[nH]n2)c(C=O)c(OCc2ccccc2)c1. The standard InChI is InChI=1S/C31H36N4O7/c1-39-24-15-27(40-19-21-8-4-2-5-9-21)25(18-36)28(16-24)41-20-30(37)32-29-17-26(33-34-29)22-10-11-23(14-22)42-31(38)35-12-6-3-7-13-35/h2,4-5,8-9,15-18,22-23H,3,6-7,10-14,19-20H2,1H3,(H2,32,33,34,37)/t22-,23+/m0/s1. The Morgan fingerprint density at radius 3 is 2.55 bits per heavy atom. The number of hydrogen-bond acceptors (Lipinski definition) is 8. The number of carbonyl (C=O) groups is 3. The third-order valence-electron chi connectivity index (χ3n) is 7.60. The summed E-state index contributed by atoms with van der Waals surface area (Å²) in [6.45, 7) is 1.42. The average molecular weight is 577 g/mol. The molecule has 0 radical (unpaired) electrons. The van der Waals surface area contributed by atoms with Crippen molar-refractivity contribution in [3.05, 3.63) is 65.4 Å². The summed E-state index contributed by atoms with van der Waals surface area (Å²) in [7, 11) is 1.49. The fourth-order valence-electron chi connectivity index (χ4n) is 5.34. The number of nitrogens with zero attached hydrogens (tertiary/aromatic N) is 2. The van der Waals surface area contributed by atoms with Crippen LogP contribution in [0.4, 0.5) is 10.6 Å². The Hall–Kier alpha value is -4.54. The van der Waals surface area contributed by atoms with E-state index in [0.717, 1.165) is 56.5 Å². The van der Waals surface area contributed by atoms with Crippen molar-refractivity contribution in [2.24, 2.45) is 0 Å². The average Bonchev–Trinajstić information content (AvgIpc) is 3.69. The van der Waals surface area contributed by atoms with Gasteiger partial charge in [-0.3, -0.25) is 14.7 Å². The van der Waals surface area contributed by atoms with Gasteiger partial charge in [-0.05, 0) is 44.1 Å². The number of ether oxygens (including phenoxy) is 4. The molecule has 0 bridgehead atoms.